The summed E-state index contributed by atoms with van der Waals surface area (Å²) in [7, 11) is 3.43. The summed E-state index contributed by atoms with van der Waals surface area (Å²) >= 11 is 0. The first-order chi connectivity index (χ1) is 10.2. The molecule has 1 aromatic rings. The number of ether oxygens (including phenoxy) is 3. The summed E-state index contributed by atoms with van der Waals surface area (Å²) in [6.45, 7) is 3.26. The van der Waals surface area contributed by atoms with Crippen molar-refractivity contribution in [3.05, 3.63) is 23.8 Å². The molecule has 0 bridgehead atoms. The van der Waals surface area contributed by atoms with Crippen molar-refractivity contribution in [2.45, 2.75) is 6.54 Å². The van der Waals surface area contributed by atoms with Crippen LogP contribution in [0.2, 0.25) is 0 Å². The van der Waals surface area contributed by atoms with E-state index in [1.54, 1.807) is 19.1 Å². The van der Waals surface area contributed by atoms with E-state index >= 15 is 0 Å². The summed E-state index contributed by atoms with van der Waals surface area (Å²) in [4.78, 5) is 13.7. The Morgan fingerprint density at radius 1 is 1.33 bits per heavy atom. The van der Waals surface area contributed by atoms with Crippen molar-refractivity contribution in [1.82, 2.24) is 10.2 Å². The smallest absolute Gasteiger partial charge is 0.236 e. The number of nitrogens with zero attached hydrogens (tertiary/aromatic N) is 1. The van der Waals surface area contributed by atoms with Gasteiger partial charge in [-0.1, -0.05) is 6.07 Å². The van der Waals surface area contributed by atoms with E-state index in [1.807, 2.05) is 18.2 Å². The zero-order valence-corrected chi connectivity index (χ0v) is 12.6. The topological polar surface area (TPSA) is 60.0 Å². The number of carbonyl (C=O) groups is 1. The number of nitrogens with one attached hydrogen (secondary N) is 1. The Labute approximate surface area is 125 Å². The molecular formula is C15H22N2O4. The van der Waals surface area contributed by atoms with Crippen LogP contribution in [0.15, 0.2) is 18.2 Å². The fourth-order valence-corrected chi connectivity index (χ4v) is 2.05. The van der Waals surface area contributed by atoms with Gasteiger partial charge in [0.15, 0.2) is 11.5 Å². The minimum atomic E-state index is 0.0426. The van der Waals surface area contributed by atoms with Crippen LogP contribution in [0.4, 0.5) is 0 Å². The van der Waals surface area contributed by atoms with E-state index in [-0.39, 0.29) is 5.91 Å². The molecular weight excluding hydrogens is 272 g/mol. The highest BCUT2D eigenvalue weighted by Crippen LogP contribution is 2.30. The number of carbonyl (C=O) groups excluding carboxylic acids is 1. The molecule has 0 aliphatic carbocycles. The van der Waals surface area contributed by atoms with Crippen LogP contribution in [0.25, 0.3) is 0 Å². The Bertz CT molecular complexity index is 479. The molecule has 116 valence electrons. The number of amides is 1. The van der Waals surface area contributed by atoms with E-state index < -0.39 is 0 Å². The van der Waals surface area contributed by atoms with E-state index in [4.69, 9.17) is 14.2 Å². The van der Waals surface area contributed by atoms with Crippen molar-refractivity contribution in [2.75, 3.05) is 47.1 Å². The molecule has 1 aliphatic heterocycles. The summed E-state index contributed by atoms with van der Waals surface area (Å²) in [5.74, 6) is 1.55. The molecule has 1 amide bonds. The predicted molar refractivity (Wildman–Crippen MR) is 78.7 cm³/mol. The van der Waals surface area contributed by atoms with Gasteiger partial charge in [0.1, 0.15) is 13.2 Å². The van der Waals surface area contributed by atoms with Gasteiger partial charge in [-0.05, 0) is 17.7 Å². The minimum Gasteiger partial charge on any atom is -0.486 e. The monoisotopic (exact) mass is 294 g/mol. The first-order valence-corrected chi connectivity index (χ1v) is 7.03. The standard InChI is InChI=1S/C15H22N2O4/c1-17(15(18)10-16-5-6-19-2)11-12-3-4-13-14(9-12)21-8-7-20-13/h3-4,9,16H,5-8,10-11H2,1-2H3. The number of fused-ring (bicyclic) bond motifs is 1. The fourth-order valence-electron chi connectivity index (χ4n) is 2.05. The van der Waals surface area contributed by atoms with Crippen molar-refractivity contribution >= 4 is 5.91 Å². The number of hydrogen-bond donors (Lipinski definition) is 1. The molecule has 6 nitrogen and oxygen atoms in total. The molecule has 0 radical (unpaired) electrons. The third-order valence-electron chi connectivity index (χ3n) is 3.21. The molecule has 21 heavy (non-hydrogen) atoms. The predicted octanol–water partition coefficient (Wildman–Crippen LogP) is 0.652. The highest BCUT2D eigenvalue weighted by atomic mass is 16.6. The summed E-state index contributed by atoms with van der Waals surface area (Å²) in [5.41, 5.74) is 1.02. The Hall–Kier alpha value is -1.79. The van der Waals surface area contributed by atoms with Gasteiger partial charge in [0.25, 0.3) is 0 Å². The number of benzene rings is 1. The van der Waals surface area contributed by atoms with Crippen LogP contribution in [-0.2, 0) is 16.1 Å². The van der Waals surface area contributed by atoms with E-state index in [0.717, 1.165) is 17.1 Å². The number of methoxy groups -OCH3 is 1. The number of likely N-dealkylation sites (N-methyl/N-ethyl adjacent to an activating group) is 1. The molecule has 0 atom stereocenters. The first-order valence-electron chi connectivity index (χ1n) is 7.03. The molecule has 1 aliphatic rings. The third kappa shape index (κ3) is 4.61. The second-order valence-electron chi connectivity index (χ2n) is 4.90. The molecule has 0 fully saturated rings. The van der Waals surface area contributed by atoms with Crippen LogP contribution in [-0.4, -0.2) is 57.9 Å². The Morgan fingerprint density at radius 3 is 2.86 bits per heavy atom. The van der Waals surface area contributed by atoms with Crippen LogP contribution in [0, 0.1) is 0 Å². The van der Waals surface area contributed by atoms with E-state index in [9.17, 15) is 4.79 Å². The van der Waals surface area contributed by atoms with Crippen LogP contribution in [0.3, 0.4) is 0 Å². The summed E-state index contributed by atoms with van der Waals surface area (Å²) < 4.78 is 15.9. The summed E-state index contributed by atoms with van der Waals surface area (Å²) in [6, 6.07) is 5.77. The lowest BCUT2D eigenvalue weighted by molar-refractivity contribution is -0.129. The van der Waals surface area contributed by atoms with Gasteiger partial charge >= 0.3 is 0 Å². The van der Waals surface area contributed by atoms with Gasteiger partial charge in [-0.2, -0.15) is 0 Å². The molecule has 0 saturated carbocycles. The molecule has 0 saturated heterocycles. The molecule has 0 aromatic heterocycles. The highest BCUT2D eigenvalue weighted by molar-refractivity contribution is 5.78. The van der Waals surface area contributed by atoms with Gasteiger partial charge in [-0.15, -0.1) is 0 Å². The average molecular weight is 294 g/mol. The lowest BCUT2D eigenvalue weighted by Gasteiger charge is -2.21. The Kier molecular flexibility index (Phi) is 5.83. The molecule has 0 unspecified atom stereocenters. The Balaban J connectivity index is 1.84. The van der Waals surface area contributed by atoms with Crippen molar-refractivity contribution in [3.8, 4) is 11.5 Å². The van der Waals surface area contributed by atoms with Crippen LogP contribution < -0.4 is 14.8 Å². The van der Waals surface area contributed by atoms with Gasteiger partial charge in [-0.3, -0.25) is 4.79 Å². The molecule has 1 N–H and O–H groups in total. The largest absolute Gasteiger partial charge is 0.486 e. The maximum absolute atomic E-state index is 12.0. The zero-order chi connectivity index (χ0) is 15.1. The fraction of sp³-hybridized carbons (Fsp3) is 0.533. The van der Waals surface area contributed by atoms with E-state index in [1.165, 1.54) is 0 Å². The lowest BCUT2D eigenvalue weighted by Crippen LogP contribution is -2.36. The van der Waals surface area contributed by atoms with E-state index in [0.29, 0.717) is 39.5 Å². The van der Waals surface area contributed by atoms with Gasteiger partial charge in [0, 0.05) is 27.2 Å². The zero-order valence-electron chi connectivity index (χ0n) is 12.6. The van der Waals surface area contributed by atoms with Gasteiger partial charge in [0.2, 0.25) is 5.91 Å². The Morgan fingerprint density at radius 2 is 2.10 bits per heavy atom. The quantitative estimate of drug-likeness (QED) is 0.748. The lowest BCUT2D eigenvalue weighted by atomic mass is 10.2. The minimum absolute atomic E-state index is 0.0426. The summed E-state index contributed by atoms with van der Waals surface area (Å²) in [5, 5.41) is 3.04. The average Bonchev–Trinajstić information content (AvgIpc) is 2.51. The molecule has 1 heterocycles. The molecule has 1 aromatic carbocycles. The van der Waals surface area contributed by atoms with Gasteiger partial charge in [0.05, 0.1) is 13.2 Å². The number of hydrogen-bond acceptors (Lipinski definition) is 5. The maximum atomic E-state index is 12.0. The third-order valence-corrected chi connectivity index (χ3v) is 3.21. The van der Waals surface area contributed by atoms with Crippen LogP contribution in [0.1, 0.15) is 5.56 Å². The highest BCUT2D eigenvalue weighted by Gasteiger charge is 2.14. The van der Waals surface area contributed by atoms with Crippen molar-refractivity contribution in [1.29, 1.82) is 0 Å². The first kappa shape index (κ1) is 15.6. The molecule has 6 heteroatoms. The second kappa shape index (κ2) is 7.85. The van der Waals surface area contributed by atoms with Crippen LogP contribution >= 0.6 is 0 Å². The van der Waals surface area contributed by atoms with Crippen molar-refractivity contribution in [3.63, 3.8) is 0 Å². The van der Waals surface area contributed by atoms with Crippen LogP contribution in [0.5, 0.6) is 11.5 Å². The van der Waals surface area contributed by atoms with Crippen molar-refractivity contribution < 1.29 is 19.0 Å². The SMILES string of the molecule is COCCNCC(=O)N(C)Cc1ccc2c(c1)OCCO2. The maximum Gasteiger partial charge on any atom is 0.236 e. The van der Waals surface area contributed by atoms with Gasteiger partial charge in [-0.25, -0.2) is 0 Å². The number of rotatable bonds is 7. The molecule has 0 spiro atoms. The van der Waals surface area contributed by atoms with Crippen molar-refractivity contribution in [2.24, 2.45) is 0 Å². The molecule has 2 rings (SSSR count). The second-order valence-corrected chi connectivity index (χ2v) is 4.90. The van der Waals surface area contributed by atoms with E-state index in [2.05, 4.69) is 5.32 Å². The van der Waals surface area contributed by atoms with Gasteiger partial charge < -0.3 is 24.4 Å². The summed E-state index contributed by atoms with van der Waals surface area (Å²) in [6.07, 6.45) is 0. The normalized spacial score (nSPS) is 13.0.